The van der Waals surface area contributed by atoms with Gasteiger partial charge >= 0.3 is 0 Å². The van der Waals surface area contributed by atoms with E-state index in [0.29, 0.717) is 19.0 Å². The molecular weight excluding hydrogens is 171 g/mol. The number of benzene rings is 1. The number of hydrogen-bond donors (Lipinski definition) is 0. The van der Waals surface area contributed by atoms with Crippen molar-refractivity contribution in [1.29, 1.82) is 0 Å². The zero-order chi connectivity index (χ0) is 9.26. The number of halogens is 1. The summed E-state index contributed by atoms with van der Waals surface area (Å²) in [7, 11) is 0. The Balaban J connectivity index is 2.47. The van der Waals surface area contributed by atoms with Crippen LogP contribution in [0.15, 0.2) is 12.1 Å². The van der Waals surface area contributed by atoms with Crippen LogP contribution < -0.4 is 9.47 Å². The number of hydrogen-bond acceptors (Lipinski definition) is 2. The fourth-order valence-corrected chi connectivity index (χ4v) is 1.37. The van der Waals surface area contributed by atoms with Crippen LogP contribution in [0.1, 0.15) is 12.5 Å². The molecule has 1 aliphatic heterocycles. The Kier molecular flexibility index (Phi) is 2.08. The van der Waals surface area contributed by atoms with Crippen molar-refractivity contribution in [1.82, 2.24) is 0 Å². The van der Waals surface area contributed by atoms with Crippen LogP contribution in [0.25, 0.3) is 0 Å². The molecule has 0 saturated carbocycles. The fraction of sp³-hybridized carbons (Fsp3) is 0.400. The van der Waals surface area contributed by atoms with Crippen LogP contribution in [0, 0.1) is 5.82 Å². The topological polar surface area (TPSA) is 18.5 Å². The predicted molar refractivity (Wildman–Crippen MR) is 46.8 cm³/mol. The number of fused-ring (bicyclic) bond motifs is 1. The van der Waals surface area contributed by atoms with Crippen LogP contribution in [0.2, 0.25) is 0 Å². The summed E-state index contributed by atoms with van der Waals surface area (Å²) < 4.78 is 23.7. The highest BCUT2D eigenvalue weighted by Gasteiger charge is 2.16. The second-order valence-electron chi connectivity index (χ2n) is 2.96. The van der Waals surface area contributed by atoms with Crippen LogP contribution in [0.5, 0.6) is 11.5 Å². The van der Waals surface area contributed by atoms with Crippen LogP contribution in [-0.4, -0.2) is 13.2 Å². The molecule has 1 aromatic carbocycles. The van der Waals surface area contributed by atoms with Gasteiger partial charge < -0.3 is 9.47 Å². The Labute approximate surface area is 76.3 Å². The van der Waals surface area contributed by atoms with Crippen molar-refractivity contribution in [3.8, 4) is 11.5 Å². The fourth-order valence-electron chi connectivity index (χ4n) is 1.37. The minimum Gasteiger partial charge on any atom is -0.486 e. The van der Waals surface area contributed by atoms with E-state index >= 15 is 0 Å². The van der Waals surface area contributed by atoms with Gasteiger partial charge in [-0.15, -0.1) is 0 Å². The molecule has 1 aromatic rings. The van der Waals surface area contributed by atoms with E-state index in [4.69, 9.17) is 9.47 Å². The summed E-state index contributed by atoms with van der Waals surface area (Å²) in [6.07, 6.45) is 0.799. The third-order valence-corrected chi connectivity index (χ3v) is 2.06. The number of ether oxygens (including phenoxy) is 2. The summed E-state index contributed by atoms with van der Waals surface area (Å²) in [6, 6.07) is 3.32. The standard InChI is InChI=1S/C10H11FO2/c1-2-7-5-8(11)10-9(6-7)12-3-4-13-10/h5-6H,2-4H2,1H3. The van der Waals surface area contributed by atoms with Gasteiger partial charge in [-0.1, -0.05) is 6.92 Å². The van der Waals surface area contributed by atoms with E-state index < -0.39 is 0 Å². The van der Waals surface area contributed by atoms with Gasteiger partial charge in [0.25, 0.3) is 0 Å². The van der Waals surface area contributed by atoms with Gasteiger partial charge in [-0.3, -0.25) is 0 Å². The Morgan fingerprint density at radius 1 is 1.31 bits per heavy atom. The monoisotopic (exact) mass is 182 g/mol. The Hall–Kier alpha value is -1.25. The first-order valence-electron chi connectivity index (χ1n) is 4.39. The quantitative estimate of drug-likeness (QED) is 0.662. The molecule has 2 rings (SSSR count). The number of aryl methyl sites for hydroxylation is 1. The highest BCUT2D eigenvalue weighted by molar-refractivity contribution is 5.45. The lowest BCUT2D eigenvalue weighted by Gasteiger charge is -2.19. The van der Waals surface area contributed by atoms with Gasteiger partial charge in [-0.2, -0.15) is 0 Å². The minimum absolute atomic E-state index is 0.253. The van der Waals surface area contributed by atoms with Gasteiger partial charge in [0, 0.05) is 0 Å². The summed E-state index contributed by atoms with van der Waals surface area (Å²) in [5.41, 5.74) is 0.932. The van der Waals surface area contributed by atoms with E-state index in [1.54, 1.807) is 0 Å². The Morgan fingerprint density at radius 3 is 2.85 bits per heavy atom. The molecule has 2 nitrogen and oxygen atoms in total. The highest BCUT2D eigenvalue weighted by Crippen LogP contribution is 2.33. The van der Waals surface area contributed by atoms with Crippen LogP contribution in [0.3, 0.4) is 0 Å². The minimum atomic E-state index is -0.325. The first-order valence-corrected chi connectivity index (χ1v) is 4.39. The maximum atomic E-state index is 13.3. The van der Waals surface area contributed by atoms with Gasteiger partial charge in [-0.05, 0) is 24.1 Å². The molecule has 0 radical (unpaired) electrons. The van der Waals surface area contributed by atoms with Crippen molar-refractivity contribution in [3.63, 3.8) is 0 Å². The number of rotatable bonds is 1. The highest BCUT2D eigenvalue weighted by atomic mass is 19.1. The van der Waals surface area contributed by atoms with Crippen molar-refractivity contribution in [2.45, 2.75) is 13.3 Å². The molecule has 0 saturated heterocycles. The second kappa shape index (κ2) is 3.24. The van der Waals surface area contributed by atoms with Crippen molar-refractivity contribution < 1.29 is 13.9 Å². The average molecular weight is 182 g/mol. The lowest BCUT2D eigenvalue weighted by molar-refractivity contribution is 0.164. The van der Waals surface area contributed by atoms with Gasteiger partial charge in [0.15, 0.2) is 17.3 Å². The van der Waals surface area contributed by atoms with Crippen LogP contribution >= 0.6 is 0 Å². The molecule has 0 atom stereocenters. The predicted octanol–water partition coefficient (Wildman–Crippen LogP) is 2.16. The third kappa shape index (κ3) is 1.46. The van der Waals surface area contributed by atoms with Crippen LogP contribution in [0.4, 0.5) is 4.39 Å². The molecule has 0 bridgehead atoms. The van der Waals surface area contributed by atoms with Crippen LogP contribution in [-0.2, 0) is 6.42 Å². The summed E-state index contributed by atoms with van der Waals surface area (Å²) in [5.74, 6) is 0.459. The smallest absolute Gasteiger partial charge is 0.197 e. The van der Waals surface area contributed by atoms with Gasteiger partial charge in [0.05, 0.1) is 0 Å². The molecule has 0 N–H and O–H groups in total. The normalized spacial score (nSPS) is 14.3. The molecule has 0 aliphatic carbocycles. The maximum absolute atomic E-state index is 13.3. The molecule has 0 aromatic heterocycles. The zero-order valence-corrected chi connectivity index (χ0v) is 7.47. The first-order chi connectivity index (χ1) is 6.31. The molecule has 1 aliphatic rings. The summed E-state index contributed by atoms with van der Waals surface area (Å²) in [6.45, 7) is 2.90. The lowest BCUT2D eigenvalue weighted by Crippen LogP contribution is -2.16. The van der Waals surface area contributed by atoms with Crippen molar-refractivity contribution in [2.24, 2.45) is 0 Å². The van der Waals surface area contributed by atoms with E-state index in [9.17, 15) is 4.39 Å². The molecule has 0 spiro atoms. The van der Waals surface area contributed by atoms with E-state index in [-0.39, 0.29) is 11.6 Å². The molecule has 70 valence electrons. The largest absolute Gasteiger partial charge is 0.486 e. The summed E-state index contributed by atoms with van der Waals surface area (Å²) >= 11 is 0. The molecule has 13 heavy (non-hydrogen) atoms. The Bertz CT molecular complexity index is 323. The van der Waals surface area contributed by atoms with Gasteiger partial charge in [0.1, 0.15) is 13.2 Å². The van der Waals surface area contributed by atoms with Gasteiger partial charge in [-0.25, -0.2) is 4.39 Å². The summed E-state index contributed by atoms with van der Waals surface area (Å²) in [5, 5.41) is 0. The van der Waals surface area contributed by atoms with Crippen molar-refractivity contribution >= 4 is 0 Å². The molecule has 0 fully saturated rings. The third-order valence-electron chi connectivity index (χ3n) is 2.06. The Morgan fingerprint density at radius 2 is 2.08 bits per heavy atom. The molecular formula is C10H11FO2. The van der Waals surface area contributed by atoms with Crippen molar-refractivity contribution in [2.75, 3.05) is 13.2 Å². The lowest BCUT2D eigenvalue weighted by atomic mass is 10.1. The van der Waals surface area contributed by atoms with E-state index in [1.807, 2.05) is 13.0 Å². The average Bonchev–Trinajstić information content (AvgIpc) is 2.18. The first kappa shape index (κ1) is 8.35. The second-order valence-corrected chi connectivity index (χ2v) is 2.96. The SMILES string of the molecule is CCc1cc(F)c2c(c1)OCCO2. The van der Waals surface area contributed by atoms with Gasteiger partial charge in [0.2, 0.25) is 0 Å². The molecule has 0 amide bonds. The molecule has 1 heterocycles. The molecule has 3 heteroatoms. The van der Waals surface area contributed by atoms with Crippen molar-refractivity contribution in [3.05, 3.63) is 23.5 Å². The molecule has 0 unspecified atom stereocenters. The van der Waals surface area contributed by atoms with E-state index in [0.717, 1.165) is 12.0 Å². The zero-order valence-electron chi connectivity index (χ0n) is 7.47. The maximum Gasteiger partial charge on any atom is 0.197 e. The van der Waals surface area contributed by atoms with E-state index in [2.05, 4.69) is 0 Å². The van der Waals surface area contributed by atoms with E-state index in [1.165, 1.54) is 6.07 Å². The summed E-state index contributed by atoms with van der Waals surface area (Å²) in [4.78, 5) is 0.